The zero-order chi connectivity index (χ0) is 67.0. The molecule has 6 N–H and O–H groups in total. The summed E-state index contributed by atoms with van der Waals surface area (Å²) in [5.74, 6) is -4.46. The highest BCUT2D eigenvalue weighted by atomic mass is 32.1. The Bertz CT molecular complexity index is 2800. The molecule has 3 aromatic rings. The Labute approximate surface area is 577 Å². The first-order chi connectivity index (χ1) is 44.7. The minimum atomic E-state index is -1.46. The SMILES string of the molecule is CCOC(=O)CCC#N.CCOC(=O)CCNC(=O)C(=O)[C@@H]1CCCCOCCOCc2ccccc2C(=O)N1.CCOC(=O)CCNC(=O)C(O)[C@@H]1CCCCOCCOCc2ccccc2C(=O)N1.O=C[C@@H]1CCCCOCCOCc2ccccc2C(=O)N1.S.S.S. The summed E-state index contributed by atoms with van der Waals surface area (Å²) < 4.78 is 47.3. The van der Waals surface area contributed by atoms with Crippen molar-refractivity contribution in [2.24, 2.45) is 0 Å². The standard InChI is InChI=1S/C22H32N2O7.C22H30N2O7.C16H21NO4.C6H9NO2.3H2S/c2*1-2-31-19(25)10-11-23-22(28)20(26)18-9-5-6-12-29-13-14-30-15-16-7-3-4-8-17(16)21(27)24-18;18-11-14-6-3-4-8-20-9-10-21-12-13-5-1-2-7-15(13)16(19)17-14;1-2-9-6(8)4-3-5-7;;;/h3-4,7-8,18,20,26H,2,5-6,9-15H2,1H3,(H,23,28)(H,24,27);3-4,7-8,18H,2,5-6,9-15H2,1H3,(H,23,28)(H,24,27);1-2,5,7,11,14H,3-4,6,8-10,12H2,(H,17,19);2-4H2,1H3;3*1H2/t18-,20?;18-;14-;;;;/m000..../s1. The molecule has 1 unspecified atom stereocenters. The summed E-state index contributed by atoms with van der Waals surface area (Å²) in [7, 11) is 0. The van der Waals surface area contributed by atoms with E-state index < -0.39 is 59.7 Å². The summed E-state index contributed by atoms with van der Waals surface area (Å²) in [6.45, 7) is 11.4. The van der Waals surface area contributed by atoms with Gasteiger partial charge in [0.2, 0.25) is 5.78 Å². The number of carbonyl (C=O) groups excluding carboxylic acids is 10. The third-order valence-electron chi connectivity index (χ3n) is 13.7. The van der Waals surface area contributed by atoms with Gasteiger partial charge < -0.3 is 79.1 Å². The molecule has 0 aliphatic carbocycles. The molecule has 4 atom stereocenters. The van der Waals surface area contributed by atoms with Crippen LogP contribution in [-0.4, -0.2) is 181 Å². The van der Waals surface area contributed by atoms with E-state index in [0.29, 0.717) is 139 Å². The number of aliphatic hydroxyl groups is 1. The van der Waals surface area contributed by atoms with Gasteiger partial charge in [0.25, 0.3) is 29.5 Å². The summed E-state index contributed by atoms with van der Waals surface area (Å²) in [6.07, 6.45) is 5.48. The lowest BCUT2D eigenvalue weighted by Gasteiger charge is -2.24. The van der Waals surface area contributed by atoms with E-state index in [0.717, 1.165) is 31.1 Å². The zero-order valence-electron chi connectivity index (χ0n) is 54.7. The Morgan fingerprint density at radius 2 is 0.926 bits per heavy atom. The van der Waals surface area contributed by atoms with E-state index in [1.165, 1.54) is 0 Å². The van der Waals surface area contributed by atoms with Crippen LogP contribution >= 0.6 is 40.5 Å². The minimum absolute atomic E-state index is 0. The number of carbonyl (C=O) groups is 10. The Morgan fingerprint density at radius 1 is 0.537 bits per heavy atom. The van der Waals surface area contributed by atoms with Gasteiger partial charge in [-0.3, -0.25) is 43.2 Å². The number of nitrogens with zero attached hydrogens (tertiary/aromatic N) is 1. The molecule has 0 saturated carbocycles. The van der Waals surface area contributed by atoms with Gasteiger partial charge in [-0.25, -0.2) is 0 Å². The number of Topliss-reactive ketones (excluding diaryl/α,β-unsaturated/α-hetero) is 1. The second-order valence-electron chi connectivity index (χ2n) is 20.7. The van der Waals surface area contributed by atoms with Gasteiger partial charge in [-0.05, 0) is 113 Å². The maximum atomic E-state index is 12.9. The number of rotatable bonds is 16. The van der Waals surface area contributed by atoms with Crippen LogP contribution in [0.1, 0.15) is 152 Å². The highest BCUT2D eigenvalue weighted by molar-refractivity contribution is 7.59. The molecule has 95 heavy (non-hydrogen) atoms. The van der Waals surface area contributed by atoms with Crippen molar-refractivity contribution in [3.63, 3.8) is 0 Å². The van der Waals surface area contributed by atoms with Crippen LogP contribution < -0.4 is 26.6 Å². The molecule has 530 valence electrons. The predicted octanol–water partition coefficient (Wildman–Crippen LogP) is 4.97. The number of nitrogens with one attached hydrogen (secondary N) is 5. The van der Waals surface area contributed by atoms with E-state index in [-0.39, 0.29) is 123 Å². The predicted molar refractivity (Wildman–Crippen MR) is 364 cm³/mol. The molecule has 0 fully saturated rings. The van der Waals surface area contributed by atoms with Gasteiger partial charge >= 0.3 is 17.9 Å². The van der Waals surface area contributed by atoms with E-state index in [2.05, 4.69) is 31.3 Å². The average molecular weight is 1390 g/mol. The van der Waals surface area contributed by atoms with Crippen molar-refractivity contribution in [1.82, 2.24) is 26.6 Å². The second-order valence-corrected chi connectivity index (χ2v) is 20.7. The number of ether oxygens (including phenoxy) is 9. The number of hydrogen-bond acceptors (Lipinski definition) is 21. The van der Waals surface area contributed by atoms with E-state index in [1.807, 2.05) is 24.3 Å². The van der Waals surface area contributed by atoms with Gasteiger partial charge in [0.05, 0.1) is 123 Å². The van der Waals surface area contributed by atoms with Gasteiger partial charge in [-0.15, -0.1) is 0 Å². The number of fused-ring (bicyclic) bond motifs is 3. The Kier molecular flexibility index (Phi) is 51.1. The van der Waals surface area contributed by atoms with Crippen molar-refractivity contribution in [3.8, 4) is 6.07 Å². The molecule has 3 aliphatic heterocycles. The van der Waals surface area contributed by atoms with E-state index >= 15 is 0 Å². The summed E-state index contributed by atoms with van der Waals surface area (Å²) >= 11 is 0. The van der Waals surface area contributed by atoms with Crippen molar-refractivity contribution in [1.29, 1.82) is 5.26 Å². The summed E-state index contributed by atoms with van der Waals surface area (Å²) in [5.41, 5.74) is 3.59. The quantitative estimate of drug-likeness (QED) is 0.0477. The lowest BCUT2D eigenvalue weighted by molar-refractivity contribution is -0.144. The van der Waals surface area contributed by atoms with E-state index in [1.54, 1.807) is 75.4 Å². The van der Waals surface area contributed by atoms with Crippen LogP contribution in [0.25, 0.3) is 0 Å². The largest absolute Gasteiger partial charge is 0.466 e. The molecule has 26 nitrogen and oxygen atoms in total. The number of hydrogen-bond donors (Lipinski definition) is 6. The van der Waals surface area contributed by atoms with Gasteiger partial charge in [0, 0.05) is 56.0 Å². The van der Waals surface area contributed by atoms with Crippen LogP contribution in [0.15, 0.2) is 72.8 Å². The summed E-state index contributed by atoms with van der Waals surface area (Å²) in [5, 5.41) is 31.8. The van der Waals surface area contributed by atoms with Crippen molar-refractivity contribution in [2.45, 2.75) is 148 Å². The van der Waals surface area contributed by atoms with Gasteiger partial charge in [-0.2, -0.15) is 45.7 Å². The molecule has 5 amide bonds. The summed E-state index contributed by atoms with van der Waals surface area (Å²) in [6, 6.07) is 20.9. The van der Waals surface area contributed by atoms with Crippen molar-refractivity contribution in [3.05, 3.63) is 106 Å². The number of nitriles is 1. The van der Waals surface area contributed by atoms with Crippen LogP contribution in [0.2, 0.25) is 0 Å². The van der Waals surface area contributed by atoms with Crippen LogP contribution in [0.4, 0.5) is 0 Å². The van der Waals surface area contributed by atoms with Gasteiger partial charge in [0.1, 0.15) is 6.29 Å². The molecule has 0 aromatic heterocycles. The molecule has 0 radical (unpaired) electrons. The molecule has 3 aliphatic rings. The number of aliphatic hydroxyl groups excluding tert-OH is 1. The van der Waals surface area contributed by atoms with Crippen LogP contribution in [0, 0.1) is 11.3 Å². The first-order valence-electron chi connectivity index (χ1n) is 31.4. The van der Waals surface area contributed by atoms with E-state index in [9.17, 15) is 53.1 Å². The highest BCUT2D eigenvalue weighted by Gasteiger charge is 2.30. The molecule has 0 spiro atoms. The third kappa shape index (κ3) is 37.8. The fraction of sp³-hybridized carbons (Fsp3) is 0.561. The van der Waals surface area contributed by atoms with Crippen LogP contribution in [0.3, 0.4) is 0 Å². The Hall–Kier alpha value is -6.98. The molecule has 0 bridgehead atoms. The Balaban J connectivity index is 0.00000131. The zero-order valence-corrected chi connectivity index (χ0v) is 57.7. The molecule has 29 heteroatoms. The molecule has 3 heterocycles. The van der Waals surface area contributed by atoms with Crippen molar-refractivity contribution in [2.75, 3.05) is 92.4 Å². The van der Waals surface area contributed by atoms with Crippen LogP contribution in [-0.2, 0) is 96.0 Å². The molecular formula is C66H98N6O20S3. The number of amides is 5. The molecule has 0 saturated heterocycles. The third-order valence-corrected chi connectivity index (χ3v) is 13.7. The smallest absolute Gasteiger partial charge is 0.307 e. The molecule has 3 aromatic carbocycles. The number of benzene rings is 3. The van der Waals surface area contributed by atoms with Crippen molar-refractivity contribution >= 4 is 100 Å². The average Bonchev–Trinajstić information content (AvgIpc) is 0.963. The highest BCUT2D eigenvalue weighted by Crippen LogP contribution is 2.17. The van der Waals surface area contributed by atoms with E-state index in [4.69, 9.17) is 43.2 Å². The Morgan fingerprint density at radius 3 is 1.37 bits per heavy atom. The van der Waals surface area contributed by atoms with Gasteiger partial charge in [0.15, 0.2) is 6.10 Å². The maximum Gasteiger partial charge on any atom is 0.307 e. The van der Waals surface area contributed by atoms with Crippen molar-refractivity contribution < 1.29 is 95.7 Å². The summed E-state index contributed by atoms with van der Waals surface area (Å²) in [4.78, 5) is 120. The number of aldehydes is 1. The minimum Gasteiger partial charge on any atom is -0.466 e. The second kappa shape index (κ2) is 55.2. The monoisotopic (exact) mass is 1390 g/mol. The first-order valence-corrected chi connectivity index (χ1v) is 31.4. The first kappa shape index (κ1) is 88.0. The fourth-order valence-electron chi connectivity index (χ4n) is 8.93. The lowest BCUT2D eigenvalue weighted by atomic mass is 10.0. The topological polar surface area (TPSA) is 358 Å². The fourth-order valence-corrected chi connectivity index (χ4v) is 8.93. The lowest BCUT2D eigenvalue weighted by Crippen LogP contribution is -2.51. The normalized spacial score (nSPS) is 17.8. The van der Waals surface area contributed by atoms with Gasteiger partial charge in [-0.1, -0.05) is 54.6 Å². The molecule has 6 rings (SSSR count). The molecular weight excluding hydrogens is 1290 g/mol. The number of ketones is 1. The van der Waals surface area contributed by atoms with Crippen LogP contribution in [0.5, 0.6) is 0 Å². The number of esters is 3. The maximum absolute atomic E-state index is 12.9.